The fourth-order valence-corrected chi connectivity index (χ4v) is 1.74. The molecule has 6 heteroatoms. The number of halogens is 1. The van der Waals surface area contributed by atoms with Crippen LogP contribution in [0.4, 0.5) is 4.39 Å². The minimum absolute atomic E-state index is 0.392. The highest BCUT2D eigenvalue weighted by molar-refractivity contribution is 5.83. The van der Waals surface area contributed by atoms with Crippen molar-refractivity contribution in [1.29, 1.82) is 0 Å². The SMILES string of the molecule is CC(c1[nH]nc2ccc(F)cc12)[C@H](N)C(=O)O. The highest BCUT2D eigenvalue weighted by atomic mass is 19.1. The van der Waals surface area contributed by atoms with E-state index in [1.165, 1.54) is 18.2 Å². The maximum atomic E-state index is 13.1. The normalized spacial score (nSPS) is 14.8. The van der Waals surface area contributed by atoms with Crippen LogP contribution in [-0.4, -0.2) is 27.3 Å². The second kappa shape index (κ2) is 4.14. The van der Waals surface area contributed by atoms with Gasteiger partial charge in [-0.1, -0.05) is 6.92 Å². The average molecular weight is 237 g/mol. The number of benzene rings is 1. The zero-order valence-corrected chi connectivity index (χ0v) is 9.14. The molecular formula is C11H12FN3O2. The first-order valence-electron chi connectivity index (χ1n) is 5.12. The number of aromatic nitrogens is 2. The topological polar surface area (TPSA) is 92.0 Å². The third kappa shape index (κ3) is 1.99. The number of aliphatic carboxylic acids is 1. The Kier molecular flexibility index (Phi) is 2.81. The fraction of sp³-hybridized carbons (Fsp3) is 0.273. The number of H-pyrrole nitrogens is 1. The Bertz CT molecular complexity index is 567. The van der Waals surface area contributed by atoms with E-state index in [9.17, 15) is 9.18 Å². The lowest BCUT2D eigenvalue weighted by Gasteiger charge is -2.14. The van der Waals surface area contributed by atoms with Crippen molar-refractivity contribution in [2.24, 2.45) is 5.73 Å². The molecule has 90 valence electrons. The number of carbonyl (C=O) groups is 1. The monoisotopic (exact) mass is 237 g/mol. The van der Waals surface area contributed by atoms with Crippen molar-refractivity contribution in [3.8, 4) is 0 Å². The quantitative estimate of drug-likeness (QED) is 0.748. The van der Waals surface area contributed by atoms with E-state index in [-0.39, 0.29) is 0 Å². The lowest BCUT2D eigenvalue weighted by molar-refractivity contribution is -0.139. The predicted octanol–water partition coefficient (Wildman–Crippen LogP) is 1.22. The highest BCUT2D eigenvalue weighted by Crippen LogP contribution is 2.25. The summed E-state index contributed by atoms with van der Waals surface area (Å²) in [5.74, 6) is -1.97. The van der Waals surface area contributed by atoms with Crippen molar-refractivity contribution in [3.05, 3.63) is 29.7 Å². The van der Waals surface area contributed by atoms with Crippen molar-refractivity contribution in [3.63, 3.8) is 0 Å². The fourth-order valence-electron chi connectivity index (χ4n) is 1.74. The molecule has 0 saturated heterocycles. The summed E-state index contributed by atoms with van der Waals surface area (Å²) in [5.41, 5.74) is 6.66. The average Bonchev–Trinajstić information content (AvgIpc) is 2.69. The number of nitrogens with zero attached hydrogens (tertiary/aromatic N) is 1. The molecule has 2 aromatic rings. The maximum Gasteiger partial charge on any atom is 0.321 e. The summed E-state index contributed by atoms with van der Waals surface area (Å²) in [7, 11) is 0. The van der Waals surface area contributed by atoms with Crippen molar-refractivity contribution in [2.75, 3.05) is 0 Å². The van der Waals surface area contributed by atoms with Gasteiger partial charge in [-0.3, -0.25) is 9.89 Å². The lowest BCUT2D eigenvalue weighted by Crippen LogP contribution is -2.35. The smallest absolute Gasteiger partial charge is 0.321 e. The van der Waals surface area contributed by atoms with Crippen LogP contribution in [0, 0.1) is 5.82 Å². The van der Waals surface area contributed by atoms with Gasteiger partial charge in [-0.05, 0) is 18.2 Å². The third-order valence-corrected chi connectivity index (χ3v) is 2.82. The molecule has 1 aromatic heterocycles. The van der Waals surface area contributed by atoms with Crippen molar-refractivity contribution >= 4 is 16.9 Å². The molecule has 0 fully saturated rings. The van der Waals surface area contributed by atoms with Crippen LogP contribution in [0.1, 0.15) is 18.5 Å². The number of carboxylic acids is 1. The number of aromatic amines is 1. The first kappa shape index (κ1) is 11.5. The Morgan fingerprint density at radius 3 is 2.94 bits per heavy atom. The van der Waals surface area contributed by atoms with Crippen LogP contribution in [0.25, 0.3) is 10.9 Å². The maximum absolute atomic E-state index is 13.1. The zero-order chi connectivity index (χ0) is 12.6. The van der Waals surface area contributed by atoms with Crippen LogP contribution in [0.3, 0.4) is 0 Å². The number of nitrogens with one attached hydrogen (secondary N) is 1. The van der Waals surface area contributed by atoms with Crippen molar-refractivity contribution in [2.45, 2.75) is 18.9 Å². The molecule has 0 aliphatic rings. The molecule has 1 heterocycles. The standard InChI is InChI=1S/C11H12FN3O2/c1-5(9(13)11(16)17)10-7-4-6(12)2-3-8(7)14-15-10/h2-5,9H,13H2,1H3,(H,14,15)(H,16,17)/t5?,9-/m0/s1. The number of hydrogen-bond donors (Lipinski definition) is 3. The Balaban J connectivity index is 2.48. The molecule has 17 heavy (non-hydrogen) atoms. The minimum atomic E-state index is -1.10. The van der Waals surface area contributed by atoms with E-state index in [0.717, 1.165) is 0 Å². The molecule has 0 amide bonds. The lowest BCUT2D eigenvalue weighted by atomic mass is 9.96. The summed E-state index contributed by atoms with van der Waals surface area (Å²) >= 11 is 0. The first-order valence-corrected chi connectivity index (χ1v) is 5.12. The molecule has 5 nitrogen and oxygen atoms in total. The molecule has 2 atom stereocenters. The van der Waals surface area contributed by atoms with Gasteiger partial charge < -0.3 is 10.8 Å². The van der Waals surface area contributed by atoms with E-state index in [4.69, 9.17) is 10.8 Å². The molecule has 1 aromatic carbocycles. The molecule has 0 saturated carbocycles. The summed E-state index contributed by atoms with van der Waals surface area (Å²) in [6.07, 6.45) is 0. The summed E-state index contributed by atoms with van der Waals surface area (Å²) in [5, 5.41) is 16.1. The van der Waals surface area contributed by atoms with Gasteiger partial charge in [0, 0.05) is 17.0 Å². The van der Waals surface area contributed by atoms with Crippen LogP contribution in [0.5, 0.6) is 0 Å². The summed E-state index contributed by atoms with van der Waals surface area (Å²) in [4.78, 5) is 10.8. The number of carboxylic acid groups (broad SMARTS) is 1. The Labute approximate surface area is 96.4 Å². The molecule has 0 radical (unpaired) electrons. The summed E-state index contributed by atoms with van der Waals surface area (Å²) < 4.78 is 13.1. The molecular weight excluding hydrogens is 225 g/mol. The van der Waals surface area contributed by atoms with E-state index in [1.807, 2.05) is 0 Å². The third-order valence-electron chi connectivity index (χ3n) is 2.82. The molecule has 0 aliphatic heterocycles. The molecule has 4 N–H and O–H groups in total. The van der Waals surface area contributed by atoms with Gasteiger partial charge in [-0.25, -0.2) is 4.39 Å². The van der Waals surface area contributed by atoms with Gasteiger partial charge in [0.05, 0.1) is 5.52 Å². The summed E-state index contributed by atoms with van der Waals surface area (Å²) in [6.45, 7) is 1.66. The van der Waals surface area contributed by atoms with Gasteiger partial charge in [-0.2, -0.15) is 5.10 Å². The molecule has 0 spiro atoms. The largest absolute Gasteiger partial charge is 0.480 e. The van der Waals surface area contributed by atoms with Gasteiger partial charge in [-0.15, -0.1) is 0 Å². The van der Waals surface area contributed by atoms with Gasteiger partial charge in [0.15, 0.2) is 0 Å². The number of nitrogens with two attached hydrogens (primary N) is 1. The molecule has 0 bridgehead atoms. The summed E-state index contributed by atoms with van der Waals surface area (Å²) in [6, 6.07) is 3.10. The van der Waals surface area contributed by atoms with Crippen LogP contribution in [0.15, 0.2) is 18.2 Å². The zero-order valence-electron chi connectivity index (χ0n) is 9.14. The van der Waals surface area contributed by atoms with E-state index in [1.54, 1.807) is 6.92 Å². The van der Waals surface area contributed by atoms with Gasteiger partial charge >= 0.3 is 5.97 Å². The van der Waals surface area contributed by atoms with Crippen molar-refractivity contribution < 1.29 is 14.3 Å². The predicted molar refractivity (Wildman–Crippen MR) is 60.1 cm³/mol. The van der Waals surface area contributed by atoms with Gasteiger partial charge in [0.2, 0.25) is 0 Å². The first-order chi connectivity index (χ1) is 8.00. The number of rotatable bonds is 3. The number of fused-ring (bicyclic) bond motifs is 1. The molecule has 0 aliphatic carbocycles. The van der Waals surface area contributed by atoms with Crippen molar-refractivity contribution in [1.82, 2.24) is 10.2 Å². The number of hydrogen-bond acceptors (Lipinski definition) is 3. The van der Waals surface area contributed by atoms with E-state index < -0.39 is 23.7 Å². The highest BCUT2D eigenvalue weighted by Gasteiger charge is 2.24. The van der Waals surface area contributed by atoms with Crippen LogP contribution >= 0.6 is 0 Å². The second-order valence-electron chi connectivity index (χ2n) is 3.95. The van der Waals surface area contributed by atoms with E-state index >= 15 is 0 Å². The molecule has 1 unspecified atom stereocenters. The Morgan fingerprint density at radius 1 is 1.59 bits per heavy atom. The van der Waals surface area contributed by atoms with E-state index in [0.29, 0.717) is 16.6 Å². The van der Waals surface area contributed by atoms with Gasteiger partial charge in [0.1, 0.15) is 11.9 Å². The van der Waals surface area contributed by atoms with Gasteiger partial charge in [0.25, 0.3) is 0 Å². The minimum Gasteiger partial charge on any atom is -0.480 e. The van der Waals surface area contributed by atoms with E-state index in [2.05, 4.69) is 10.2 Å². The molecule has 2 rings (SSSR count). The Morgan fingerprint density at radius 2 is 2.29 bits per heavy atom. The second-order valence-corrected chi connectivity index (χ2v) is 3.95. The Hall–Kier alpha value is -1.95. The van der Waals surface area contributed by atoms with Crippen LogP contribution in [0.2, 0.25) is 0 Å². The van der Waals surface area contributed by atoms with Crippen LogP contribution < -0.4 is 5.73 Å². The van der Waals surface area contributed by atoms with Crippen LogP contribution in [-0.2, 0) is 4.79 Å².